The molecule has 5 nitrogen and oxygen atoms in total. The van der Waals surface area contributed by atoms with Gasteiger partial charge in [0.2, 0.25) is 0 Å². The molecule has 2 rings (SSSR count). The lowest BCUT2D eigenvalue weighted by molar-refractivity contribution is 0.228. The third-order valence-corrected chi connectivity index (χ3v) is 3.13. The van der Waals surface area contributed by atoms with Crippen LogP contribution in [0.3, 0.4) is 0 Å². The van der Waals surface area contributed by atoms with E-state index in [9.17, 15) is 4.79 Å². The SMILES string of the molecule is O=C(NCCCCn1ccnc1)NC1CCC1. The van der Waals surface area contributed by atoms with Gasteiger partial charge in [0.1, 0.15) is 0 Å². The fourth-order valence-electron chi connectivity index (χ4n) is 1.83. The summed E-state index contributed by atoms with van der Waals surface area (Å²) in [6.07, 6.45) is 11.1. The number of rotatable bonds is 6. The standard InChI is InChI=1S/C12H20N4O/c17-12(15-11-4-3-5-11)14-6-1-2-8-16-9-7-13-10-16/h7,9-11H,1-6,8H2,(H2,14,15,17). The first-order valence-electron chi connectivity index (χ1n) is 6.35. The van der Waals surface area contributed by atoms with Crippen molar-refractivity contribution in [2.45, 2.75) is 44.7 Å². The minimum Gasteiger partial charge on any atom is -0.338 e. The van der Waals surface area contributed by atoms with Crippen LogP contribution in [0.25, 0.3) is 0 Å². The van der Waals surface area contributed by atoms with Crippen LogP contribution in [0.5, 0.6) is 0 Å². The van der Waals surface area contributed by atoms with Crippen LogP contribution in [-0.2, 0) is 6.54 Å². The highest BCUT2D eigenvalue weighted by atomic mass is 16.2. The fraction of sp³-hybridized carbons (Fsp3) is 0.667. The van der Waals surface area contributed by atoms with E-state index < -0.39 is 0 Å². The summed E-state index contributed by atoms with van der Waals surface area (Å²) in [7, 11) is 0. The predicted octanol–water partition coefficient (Wildman–Crippen LogP) is 1.51. The first kappa shape index (κ1) is 12.0. The molecular weight excluding hydrogens is 216 g/mol. The number of amides is 2. The molecular formula is C12H20N4O. The number of urea groups is 1. The molecule has 1 fully saturated rings. The minimum atomic E-state index is -0.0164. The van der Waals surface area contributed by atoms with Gasteiger partial charge in [0, 0.05) is 31.5 Å². The molecule has 94 valence electrons. The van der Waals surface area contributed by atoms with Gasteiger partial charge in [-0.15, -0.1) is 0 Å². The van der Waals surface area contributed by atoms with Crippen molar-refractivity contribution in [3.63, 3.8) is 0 Å². The number of nitrogens with zero attached hydrogens (tertiary/aromatic N) is 2. The van der Waals surface area contributed by atoms with Gasteiger partial charge in [-0.25, -0.2) is 9.78 Å². The second kappa shape index (κ2) is 6.27. The Morgan fingerprint density at radius 2 is 2.29 bits per heavy atom. The zero-order chi connectivity index (χ0) is 11.9. The monoisotopic (exact) mass is 236 g/mol. The van der Waals surface area contributed by atoms with Crippen molar-refractivity contribution in [2.24, 2.45) is 0 Å². The van der Waals surface area contributed by atoms with Gasteiger partial charge in [-0.3, -0.25) is 0 Å². The van der Waals surface area contributed by atoms with E-state index in [1.165, 1.54) is 6.42 Å². The summed E-state index contributed by atoms with van der Waals surface area (Å²) < 4.78 is 2.05. The molecule has 2 amide bonds. The topological polar surface area (TPSA) is 59.0 Å². The Hall–Kier alpha value is -1.52. The maximum atomic E-state index is 11.4. The van der Waals surface area contributed by atoms with Gasteiger partial charge in [-0.05, 0) is 32.1 Å². The Balaban J connectivity index is 1.46. The van der Waals surface area contributed by atoms with E-state index >= 15 is 0 Å². The normalized spacial score (nSPS) is 15.3. The van der Waals surface area contributed by atoms with Crippen molar-refractivity contribution in [1.29, 1.82) is 0 Å². The van der Waals surface area contributed by atoms with Crippen molar-refractivity contribution in [3.05, 3.63) is 18.7 Å². The average Bonchev–Trinajstić information content (AvgIpc) is 2.76. The summed E-state index contributed by atoms with van der Waals surface area (Å²) in [4.78, 5) is 15.4. The molecule has 0 atom stereocenters. The van der Waals surface area contributed by atoms with E-state index in [1.807, 2.05) is 12.5 Å². The van der Waals surface area contributed by atoms with E-state index in [1.54, 1.807) is 6.20 Å². The summed E-state index contributed by atoms with van der Waals surface area (Å²) in [5, 5.41) is 5.84. The number of aromatic nitrogens is 2. The van der Waals surface area contributed by atoms with E-state index in [4.69, 9.17) is 0 Å². The van der Waals surface area contributed by atoms with Gasteiger partial charge < -0.3 is 15.2 Å². The van der Waals surface area contributed by atoms with Gasteiger partial charge in [-0.1, -0.05) is 0 Å². The van der Waals surface area contributed by atoms with Crippen molar-refractivity contribution in [3.8, 4) is 0 Å². The van der Waals surface area contributed by atoms with Crippen LogP contribution >= 0.6 is 0 Å². The van der Waals surface area contributed by atoms with Crippen LogP contribution in [0.4, 0.5) is 4.79 Å². The quantitative estimate of drug-likeness (QED) is 0.736. The molecule has 1 aromatic rings. The van der Waals surface area contributed by atoms with Gasteiger partial charge in [-0.2, -0.15) is 0 Å². The number of carbonyl (C=O) groups excluding carboxylic acids is 1. The average molecular weight is 236 g/mol. The lowest BCUT2D eigenvalue weighted by Crippen LogP contribution is -2.45. The molecule has 0 unspecified atom stereocenters. The number of imidazole rings is 1. The smallest absolute Gasteiger partial charge is 0.315 e. The van der Waals surface area contributed by atoms with Crippen molar-refractivity contribution in [1.82, 2.24) is 20.2 Å². The van der Waals surface area contributed by atoms with Gasteiger partial charge >= 0.3 is 6.03 Å². The molecule has 1 heterocycles. The van der Waals surface area contributed by atoms with E-state index in [0.717, 1.165) is 38.8 Å². The fourth-order valence-corrected chi connectivity index (χ4v) is 1.83. The summed E-state index contributed by atoms with van der Waals surface area (Å²) >= 11 is 0. The van der Waals surface area contributed by atoms with Crippen molar-refractivity contribution >= 4 is 6.03 Å². The first-order chi connectivity index (χ1) is 8.34. The highest BCUT2D eigenvalue weighted by molar-refractivity contribution is 5.74. The Labute approximate surface area is 102 Å². The minimum absolute atomic E-state index is 0.0164. The zero-order valence-electron chi connectivity index (χ0n) is 10.1. The molecule has 0 saturated heterocycles. The maximum Gasteiger partial charge on any atom is 0.315 e. The Kier molecular flexibility index (Phi) is 4.41. The molecule has 1 saturated carbocycles. The summed E-state index contributed by atoms with van der Waals surface area (Å²) in [6.45, 7) is 1.71. The van der Waals surface area contributed by atoms with Gasteiger partial charge in [0.15, 0.2) is 0 Å². The summed E-state index contributed by atoms with van der Waals surface area (Å²) in [5.41, 5.74) is 0. The number of nitrogens with one attached hydrogen (secondary N) is 2. The molecule has 0 bridgehead atoms. The molecule has 0 aliphatic heterocycles. The lowest BCUT2D eigenvalue weighted by Gasteiger charge is -2.26. The molecule has 0 aromatic carbocycles. The highest BCUT2D eigenvalue weighted by Gasteiger charge is 2.18. The van der Waals surface area contributed by atoms with Crippen molar-refractivity contribution in [2.75, 3.05) is 6.54 Å². The molecule has 1 aromatic heterocycles. The molecule has 0 radical (unpaired) electrons. The van der Waals surface area contributed by atoms with Crippen LogP contribution in [0.2, 0.25) is 0 Å². The second-order valence-electron chi connectivity index (χ2n) is 4.54. The number of aryl methyl sites for hydroxylation is 1. The van der Waals surface area contributed by atoms with E-state index in [2.05, 4.69) is 20.2 Å². The predicted molar refractivity (Wildman–Crippen MR) is 65.6 cm³/mol. The number of carbonyl (C=O) groups is 1. The molecule has 0 spiro atoms. The first-order valence-corrected chi connectivity index (χ1v) is 6.35. The number of unbranched alkanes of at least 4 members (excludes halogenated alkanes) is 1. The third kappa shape index (κ3) is 4.09. The summed E-state index contributed by atoms with van der Waals surface area (Å²) in [5.74, 6) is 0. The zero-order valence-corrected chi connectivity index (χ0v) is 10.1. The maximum absolute atomic E-state index is 11.4. The number of hydrogen-bond acceptors (Lipinski definition) is 2. The van der Waals surface area contributed by atoms with E-state index in [-0.39, 0.29) is 6.03 Å². The summed E-state index contributed by atoms with van der Waals surface area (Å²) in [6, 6.07) is 0.401. The lowest BCUT2D eigenvalue weighted by atomic mass is 9.93. The molecule has 2 N–H and O–H groups in total. The Morgan fingerprint density at radius 3 is 2.94 bits per heavy atom. The van der Waals surface area contributed by atoms with Gasteiger partial charge in [0.25, 0.3) is 0 Å². The third-order valence-electron chi connectivity index (χ3n) is 3.13. The van der Waals surface area contributed by atoms with E-state index in [0.29, 0.717) is 6.04 Å². The number of hydrogen-bond donors (Lipinski definition) is 2. The highest BCUT2D eigenvalue weighted by Crippen LogP contribution is 2.17. The Bertz CT molecular complexity index is 332. The van der Waals surface area contributed by atoms with Crippen LogP contribution < -0.4 is 10.6 Å². The molecule has 1 aliphatic carbocycles. The van der Waals surface area contributed by atoms with Crippen LogP contribution in [0.1, 0.15) is 32.1 Å². The largest absolute Gasteiger partial charge is 0.338 e. The van der Waals surface area contributed by atoms with Gasteiger partial charge in [0.05, 0.1) is 6.33 Å². The van der Waals surface area contributed by atoms with Crippen LogP contribution in [-0.4, -0.2) is 28.2 Å². The van der Waals surface area contributed by atoms with Crippen LogP contribution in [0, 0.1) is 0 Å². The van der Waals surface area contributed by atoms with Crippen LogP contribution in [0.15, 0.2) is 18.7 Å². The Morgan fingerprint density at radius 1 is 1.41 bits per heavy atom. The van der Waals surface area contributed by atoms with Crippen molar-refractivity contribution < 1.29 is 4.79 Å². The second-order valence-corrected chi connectivity index (χ2v) is 4.54. The molecule has 5 heteroatoms. The molecule has 17 heavy (non-hydrogen) atoms. The molecule has 1 aliphatic rings.